The van der Waals surface area contributed by atoms with Crippen LogP contribution >= 0.6 is 22.9 Å². The van der Waals surface area contributed by atoms with Crippen LogP contribution in [0.3, 0.4) is 0 Å². The van der Waals surface area contributed by atoms with Gasteiger partial charge in [-0.15, -0.1) is 0 Å². The Morgan fingerprint density at radius 1 is 1.16 bits per heavy atom. The Kier molecular flexibility index (Phi) is 6.48. The predicted octanol–water partition coefficient (Wildman–Crippen LogP) is 5.40. The number of thiazole rings is 1. The van der Waals surface area contributed by atoms with Crippen molar-refractivity contribution in [2.75, 3.05) is 43.4 Å². The van der Waals surface area contributed by atoms with Crippen molar-refractivity contribution >= 4 is 60.9 Å². The number of anilines is 2. The lowest BCUT2D eigenvalue weighted by Crippen LogP contribution is -2.70. The van der Waals surface area contributed by atoms with E-state index in [1.165, 1.54) is 18.2 Å². The minimum absolute atomic E-state index is 0.000253. The number of benzene rings is 2. The maximum atomic E-state index is 16.8. The molecule has 9 rings (SSSR count). The molecule has 2 atom stereocenters. The molecule has 2 N–H and O–H groups in total. The molecule has 4 aromatic rings. The molecule has 2 aromatic carbocycles. The molecular weight excluding hydrogens is 608 g/mol. The van der Waals surface area contributed by atoms with E-state index in [-0.39, 0.29) is 61.0 Å². The molecule has 5 fully saturated rings. The Balaban J connectivity index is 1.25. The highest BCUT2D eigenvalue weighted by molar-refractivity contribution is 7.22. The van der Waals surface area contributed by atoms with E-state index in [0.717, 1.165) is 56.5 Å². The van der Waals surface area contributed by atoms with Gasteiger partial charge in [-0.3, -0.25) is 9.69 Å². The highest BCUT2D eigenvalue weighted by Gasteiger charge is 2.48. The Bertz CT molecular complexity index is 1850. The van der Waals surface area contributed by atoms with Crippen molar-refractivity contribution in [1.82, 2.24) is 24.8 Å². The monoisotopic (exact) mass is 637 g/mol. The molecule has 0 aliphatic carbocycles. The van der Waals surface area contributed by atoms with E-state index in [9.17, 15) is 9.18 Å². The van der Waals surface area contributed by atoms with Gasteiger partial charge in [-0.1, -0.05) is 29.5 Å². The molecule has 2 aromatic heterocycles. The third-order valence-electron chi connectivity index (χ3n) is 9.83. The summed E-state index contributed by atoms with van der Waals surface area (Å²) in [5, 5.41) is 0.720. The van der Waals surface area contributed by atoms with Crippen LogP contribution in [0.25, 0.3) is 32.2 Å². The first-order valence-electron chi connectivity index (χ1n) is 14.9. The topological polar surface area (TPSA) is 101 Å². The van der Waals surface area contributed by atoms with Crippen LogP contribution in [-0.4, -0.2) is 81.1 Å². The van der Waals surface area contributed by atoms with Crippen molar-refractivity contribution < 1.29 is 18.3 Å². The quantitative estimate of drug-likeness (QED) is 0.281. The molecule has 44 heavy (non-hydrogen) atoms. The summed E-state index contributed by atoms with van der Waals surface area (Å²) >= 11 is 7.80. The van der Waals surface area contributed by atoms with Crippen molar-refractivity contribution in [3.05, 3.63) is 47.5 Å². The van der Waals surface area contributed by atoms with Crippen molar-refractivity contribution in [1.29, 1.82) is 0 Å². The summed E-state index contributed by atoms with van der Waals surface area (Å²) in [6.07, 6.45) is 6.55. The largest absolute Gasteiger partial charge is 0.461 e. The second kappa shape index (κ2) is 10.2. The number of halogens is 3. The number of aromatic nitrogens is 3. The first kappa shape index (κ1) is 27.9. The highest BCUT2D eigenvalue weighted by Crippen LogP contribution is 2.44. The van der Waals surface area contributed by atoms with Gasteiger partial charge in [0.15, 0.2) is 10.9 Å². The fourth-order valence-corrected chi connectivity index (χ4v) is 8.87. The van der Waals surface area contributed by atoms with E-state index in [0.29, 0.717) is 36.5 Å². The maximum Gasteiger partial charge on any atom is 0.319 e. The lowest BCUT2D eigenvalue weighted by molar-refractivity contribution is -0.140. The number of piperazine rings is 1. The number of hydrogen-bond donors (Lipinski definition) is 1. The van der Waals surface area contributed by atoms with Gasteiger partial charge in [-0.25, -0.2) is 13.8 Å². The zero-order valence-electron chi connectivity index (χ0n) is 23.9. The van der Waals surface area contributed by atoms with Gasteiger partial charge in [0.25, 0.3) is 0 Å². The molecule has 0 radical (unpaired) electrons. The Morgan fingerprint density at radius 2 is 1.91 bits per heavy atom. The molecule has 228 valence electrons. The summed E-state index contributed by atoms with van der Waals surface area (Å²) in [6, 6.07) is 4.47. The van der Waals surface area contributed by atoms with E-state index >= 15 is 4.39 Å². The molecule has 0 spiro atoms. The van der Waals surface area contributed by atoms with Crippen molar-refractivity contribution in [3.8, 4) is 17.1 Å². The van der Waals surface area contributed by atoms with Gasteiger partial charge in [0.2, 0.25) is 5.91 Å². The number of ether oxygens (including phenoxy) is 1. The van der Waals surface area contributed by atoms with Gasteiger partial charge in [0.05, 0.1) is 32.9 Å². The first-order chi connectivity index (χ1) is 21.3. The fourth-order valence-electron chi connectivity index (χ4n) is 7.81. The molecule has 5 aliphatic heterocycles. The van der Waals surface area contributed by atoms with Gasteiger partial charge in [-0.05, 0) is 69.5 Å². The number of hydrogen-bond acceptors (Lipinski definition) is 9. The third-order valence-corrected chi connectivity index (χ3v) is 11.0. The molecule has 13 heteroatoms. The molecule has 5 saturated heterocycles. The molecule has 2 bridgehead atoms. The minimum atomic E-state index is -0.673. The van der Waals surface area contributed by atoms with E-state index in [2.05, 4.69) is 26.3 Å². The number of carbonyl (C=O) groups is 1. The van der Waals surface area contributed by atoms with Gasteiger partial charge in [-0.2, -0.15) is 9.97 Å². The third kappa shape index (κ3) is 4.17. The van der Waals surface area contributed by atoms with Crippen LogP contribution in [0, 0.1) is 11.6 Å². The minimum Gasteiger partial charge on any atom is -0.461 e. The number of nitrogen functional groups attached to an aromatic ring is 1. The smallest absolute Gasteiger partial charge is 0.319 e. The molecule has 0 saturated carbocycles. The summed E-state index contributed by atoms with van der Waals surface area (Å²) in [6.45, 7) is 7.21. The number of carbonyl (C=O) groups excluding carboxylic acids is 1. The van der Waals surface area contributed by atoms with Crippen LogP contribution in [0.2, 0.25) is 5.02 Å². The second-order valence-electron chi connectivity index (χ2n) is 12.2. The summed E-state index contributed by atoms with van der Waals surface area (Å²) in [5.74, 6) is -0.748. The van der Waals surface area contributed by atoms with Crippen LogP contribution < -0.4 is 15.4 Å². The van der Waals surface area contributed by atoms with Gasteiger partial charge >= 0.3 is 6.01 Å². The van der Waals surface area contributed by atoms with Crippen LogP contribution in [0.5, 0.6) is 6.01 Å². The predicted molar refractivity (Wildman–Crippen MR) is 167 cm³/mol. The van der Waals surface area contributed by atoms with Gasteiger partial charge in [0.1, 0.15) is 23.8 Å². The van der Waals surface area contributed by atoms with Crippen molar-refractivity contribution in [3.63, 3.8) is 0 Å². The molecule has 2 unspecified atom stereocenters. The summed E-state index contributed by atoms with van der Waals surface area (Å²) < 4.78 is 37.9. The standard InChI is InChI=1S/C31H30ClF2N7O2S/c1-2-22(42)41-16-11-17(41)14-39(13-16)28-19-12-20(32)23(18-5-6-21(33)27-26(18)36-29(35)44-27)24(34)25(19)37-30(38-28)43-15-31-7-3-9-40(31)10-4-8-31/h2,5-6,12,16-17H,1,3-4,7-11,13-15H2,(H2,35,36). The highest BCUT2D eigenvalue weighted by atomic mass is 35.5. The number of nitrogens with zero attached hydrogens (tertiary/aromatic N) is 6. The maximum absolute atomic E-state index is 16.8. The zero-order valence-corrected chi connectivity index (χ0v) is 25.4. The summed E-state index contributed by atoms with van der Waals surface area (Å²) in [7, 11) is 0. The first-order valence-corrected chi connectivity index (χ1v) is 16.1. The zero-order chi connectivity index (χ0) is 30.3. The summed E-state index contributed by atoms with van der Waals surface area (Å²) in [4.78, 5) is 32.6. The average molecular weight is 638 g/mol. The van der Waals surface area contributed by atoms with E-state index in [1.54, 1.807) is 6.07 Å². The van der Waals surface area contributed by atoms with Crippen molar-refractivity contribution in [2.24, 2.45) is 0 Å². The van der Waals surface area contributed by atoms with Gasteiger partial charge < -0.3 is 20.3 Å². The molecule has 9 nitrogen and oxygen atoms in total. The Labute approximate surface area is 261 Å². The van der Waals surface area contributed by atoms with Crippen LogP contribution in [0.4, 0.5) is 19.7 Å². The molecule has 5 aliphatic rings. The lowest BCUT2D eigenvalue weighted by atomic mass is 9.87. The number of piperidine rings is 1. The number of rotatable bonds is 6. The Hall–Kier alpha value is -3.61. The van der Waals surface area contributed by atoms with Crippen molar-refractivity contribution in [2.45, 2.75) is 49.7 Å². The summed E-state index contributed by atoms with van der Waals surface area (Å²) in [5.41, 5.74) is 6.53. The van der Waals surface area contributed by atoms with E-state index in [4.69, 9.17) is 27.1 Å². The molecule has 1 amide bonds. The van der Waals surface area contributed by atoms with Gasteiger partial charge in [0, 0.05) is 29.6 Å². The molecule has 7 heterocycles. The lowest BCUT2D eigenvalue weighted by Gasteiger charge is -2.56. The normalized spacial score (nSPS) is 22.4. The average Bonchev–Trinajstić information content (AvgIpc) is 3.71. The number of nitrogens with two attached hydrogens (primary N) is 1. The SMILES string of the molecule is C=CC(=O)N1C2CC1CN(c1nc(OCC34CCCN3CCC4)nc3c(F)c(-c4ccc(F)c5sc(N)nc45)c(Cl)cc13)C2. The van der Waals surface area contributed by atoms with Crippen LogP contribution in [0.1, 0.15) is 32.1 Å². The van der Waals surface area contributed by atoms with Crippen LogP contribution in [-0.2, 0) is 4.79 Å². The Morgan fingerprint density at radius 3 is 2.64 bits per heavy atom. The van der Waals surface area contributed by atoms with E-state index in [1.807, 2.05) is 4.90 Å². The number of fused-ring (bicyclic) bond motifs is 5. The second-order valence-corrected chi connectivity index (χ2v) is 13.6. The fraction of sp³-hybridized carbons (Fsp3) is 0.419. The molecular formula is C31H30ClF2N7O2S. The van der Waals surface area contributed by atoms with Crippen LogP contribution in [0.15, 0.2) is 30.9 Å². The number of amides is 1. The van der Waals surface area contributed by atoms with E-state index < -0.39 is 11.6 Å².